The highest BCUT2D eigenvalue weighted by atomic mass is 19.1. The fraction of sp³-hybridized carbons (Fsp3) is 1.00. The van der Waals surface area contributed by atoms with Gasteiger partial charge in [0.15, 0.2) is 0 Å². The van der Waals surface area contributed by atoms with Crippen LogP contribution in [0.5, 0.6) is 0 Å². The Morgan fingerprint density at radius 2 is 2.17 bits per heavy atom. The quantitative estimate of drug-likeness (QED) is 0.628. The van der Waals surface area contributed by atoms with Gasteiger partial charge in [-0.25, -0.2) is 0 Å². The van der Waals surface area contributed by atoms with Crippen LogP contribution in [-0.4, -0.2) is 34.3 Å². The summed E-state index contributed by atoms with van der Waals surface area (Å²) < 4.78 is 24.2. The van der Waals surface area contributed by atoms with E-state index in [1.165, 1.54) is 0 Å². The molecule has 12 heavy (non-hydrogen) atoms. The van der Waals surface area contributed by atoms with E-state index in [0.29, 0.717) is 6.42 Å². The van der Waals surface area contributed by atoms with Crippen LogP contribution in [0.15, 0.2) is 0 Å². The van der Waals surface area contributed by atoms with Gasteiger partial charge in [0.1, 0.15) is 0 Å². The summed E-state index contributed by atoms with van der Waals surface area (Å²) >= 11 is 0. The molecule has 1 rings (SSSR count). The molecule has 1 fully saturated rings. The Labute approximate surface area is 73.3 Å². The van der Waals surface area contributed by atoms with E-state index in [9.17, 15) is 8.78 Å². The molecule has 0 amide bonds. The third-order valence-corrected chi connectivity index (χ3v) is 2.60. The molecule has 1 nitrogen and oxygen atoms in total. The number of alkyl halides is 2. The molecule has 3 unspecified atom stereocenters. The second-order valence-electron chi connectivity index (χ2n) is 3.38. The maximum absolute atomic E-state index is 12.2. The van der Waals surface area contributed by atoms with Crippen LogP contribution in [0, 0.1) is 11.8 Å². The zero-order valence-corrected chi connectivity index (χ0v) is 7.10. The molecule has 0 aliphatic carbocycles. The van der Waals surface area contributed by atoms with E-state index >= 15 is 0 Å². The zero-order chi connectivity index (χ0) is 8.97. The molecule has 4 heteroatoms. The number of rotatable bonds is 4. The zero-order valence-electron chi connectivity index (χ0n) is 7.10. The Morgan fingerprint density at radius 1 is 1.42 bits per heavy atom. The largest absolute Gasteiger partial charge is 0.316 e. The number of hydrogen-bond acceptors (Lipinski definition) is 1. The first-order valence-corrected chi connectivity index (χ1v) is 4.37. The summed E-state index contributed by atoms with van der Waals surface area (Å²) in [5.74, 6) is -0.0805. The van der Waals surface area contributed by atoms with Crippen molar-refractivity contribution in [2.45, 2.75) is 12.2 Å². The standard InChI is InChI=1S/C8H14BF2N/c9-8(3-11)7-5-12-4-6(7)1-2-10/h6-8,12H,1-5H2. The lowest BCUT2D eigenvalue weighted by molar-refractivity contribution is 0.302. The molecule has 1 N–H and O–H groups in total. The Kier molecular flexibility index (Phi) is 3.99. The average Bonchev–Trinajstić information content (AvgIpc) is 2.52. The van der Waals surface area contributed by atoms with Crippen LogP contribution in [0.1, 0.15) is 6.42 Å². The minimum Gasteiger partial charge on any atom is -0.316 e. The Hall–Kier alpha value is -0.115. The summed E-state index contributed by atoms with van der Waals surface area (Å²) in [5.41, 5.74) is 0. The van der Waals surface area contributed by atoms with Crippen LogP contribution >= 0.6 is 0 Å². The fourth-order valence-corrected chi connectivity index (χ4v) is 1.83. The van der Waals surface area contributed by atoms with Crippen molar-refractivity contribution in [1.29, 1.82) is 0 Å². The SMILES string of the molecule is [B]C(CF)C1CNCC1CCF. The van der Waals surface area contributed by atoms with Gasteiger partial charge in [0, 0.05) is 0 Å². The van der Waals surface area contributed by atoms with E-state index in [4.69, 9.17) is 7.85 Å². The van der Waals surface area contributed by atoms with Gasteiger partial charge in [-0.15, -0.1) is 0 Å². The number of hydrogen-bond donors (Lipinski definition) is 1. The van der Waals surface area contributed by atoms with E-state index in [1.54, 1.807) is 0 Å². The van der Waals surface area contributed by atoms with E-state index in [0.717, 1.165) is 13.1 Å². The molecular weight excluding hydrogens is 159 g/mol. The van der Waals surface area contributed by atoms with Gasteiger partial charge in [-0.3, -0.25) is 8.78 Å². The first kappa shape index (κ1) is 9.97. The van der Waals surface area contributed by atoms with Gasteiger partial charge < -0.3 is 5.32 Å². The van der Waals surface area contributed by atoms with Gasteiger partial charge in [0.2, 0.25) is 0 Å². The van der Waals surface area contributed by atoms with Crippen LogP contribution in [0.4, 0.5) is 8.78 Å². The third-order valence-electron chi connectivity index (χ3n) is 2.60. The lowest BCUT2D eigenvalue weighted by Gasteiger charge is -2.21. The molecule has 0 aromatic heterocycles. The average molecular weight is 173 g/mol. The summed E-state index contributed by atoms with van der Waals surface area (Å²) in [6.07, 6.45) is 0.505. The van der Waals surface area contributed by atoms with Crippen molar-refractivity contribution < 1.29 is 8.78 Å². The molecule has 0 spiro atoms. The van der Waals surface area contributed by atoms with Crippen LogP contribution in [0.3, 0.4) is 0 Å². The molecule has 0 aromatic carbocycles. The highest BCUT2D eigenvalue weighted by molar-refractivity contribution is 6.12. The van der Waals surface area contributed by atoms with Crippen LogP contribution < -0.4 is 5.32 Å². The molecule has 0 saturated carbocycles. The second-order valence-corrected chi connectivity index (χ2v) is 3.38. The van der Waals surface area contributed by atoms with Crippen molar-refractivity contribution >= 4 is 7.85 Å². The van der Waals surface area contributed by atoms with Crippen molar-refractivity contribution in [3.8, 4) is 0 Å². The smallest absolute Gasteiger partial charge is 0.0897 e. The molecular formula is C8H14BF2N. The molecule has 3 atom stereocenters. The highest BCUT2D eigenvalue weighted by Gasteiger charge is 2.30. The minimum absolute atomic E-state index is 0.116. The molecule has 1 aliphatic rings. The minimum atomic E-state index is -0.505. The van der Waals surface area contributed by atoms with Crippen molar-refractivity contribution in [3.63, 3.8) is 0 Å². The van der Waals surface area contributed by atoms with Crippen molar-refractivity contribution in [2.75, 3.05) is 26.4 Å². The third kappa shape index (κ3) is 2.19. The Morgan fingerprint density at radius 3 is 2.75 bits per heavy atom. The molecule has 68 valence electrons. The maximum atomic E-state index is 12.2. The maximum Gasteiger partial charge on any atom is 0.0897 e. The van der Waals surface area contributed by atoms with Gasteiger partial charge in [0.25, 0.3) is 0 Å². The molecule has 2 radical (unpaired) electrons. The van der Waals surface area contributed by atoms with Gasteiger partial charge >= 0.3 is 0 Å². The van der Waals surface area contributed by atoms with Crippen molar-refractivity contribution in [1.82, 2.24) is 5.32 Å². The molecule has 0 bridgehead atoms. The summed E-state index contributed by atoms with van der Waals surface area (Å²) in [4.78, 5) is 0. The first-order valence-electron chi connectivity index (χ1n) is 4.37. The summed E-state index contributed by atoms with van der Waals surface area (Å²) in [7, 11) is 5.56. The van der Waals surface area contributed by atoms with Gasteiger partial charge in [-0.05, 0) is 37.2 Å². The summed E-state index contributed by atoms with van der Waals surface area (Å²) in [6.45, 7) is 0.676. The van der Waals surface area contributed by atoms with Crippen LogP contribution in [0.2, 0.25) is 5.82 Å². The Balaban J connectivity index is 2.40. The van der Waals surface area contributed by atoms with E-state index < -0.39 is 12.5 Å². The summed E-state index contributed by atoms with van der Waals surface area (Å²) in [6, 6.07) is 0. The van der Waals surface area contributed by atoms with E-state index in [2.05, 4.69) is 5.32 Å². The number of halogens is 2. The molecule has 1 aliphatic heterocycles. The van der Waals surface area contributed by atoms with Crippen molar-refractivity contribution in [3.05, 3.63) is 0 Å². The topological polar surface area (TPSA) is 12.0 Å². The molecule has 1 saturated heterocycles. The Bertz CT molecular complexity index is 134. The van der Waals surface area contributed by atoms with E-state index in [-0.39, 0.29) is 18.5 Å². The lowest BCUT2D eigenvalue weighted by atomic mass is 9.72. The summed E-state index contributed by atoms with van der Waals surface area (Å²) in [5, 5.41) is 3.11. The predicted octanol–water partition coefficient (Wildman–Crippen LogP) is 1.11. The van der Waals surface area contributed by atoms with Gasteiger partial charge in [-0.1, -0.05) is 0 Å². The molecule has 1 heterocycles. The van der Waals surface area contributed by atoms with E-state index in [1.807, 2.05) is 0 Å². The highest BCUT2D eigenvalue weighted by Crippen LogP contribution is 2.29. The predicted molar refractivity (Wildman–Crippen MR) is 45.9 cm³/mol. The second kappa shape index (κ2) is 4.80. The van der Waals surface area contributed by atoms with Crippen molar-refractivity contribution in [2.24, 2.45) is 11.8 Å². The lowest BCUT2D eigenvalue weighted by Crippen LogP contribution is -2.20. The number of nitrogens with one attached hydrogen (secondary N) is 1. The van der Waals surface area contributed by atoms with Gasteiger partial charge in [-0.2, -0.15) is 0 Å². The normalized spacial score (nSPS) is 32.2. The van der Waals surface area contributed by atoms with Crippen LogP contribution in [-0.2, 0) is 0 Å². The van der Waals surface area contributed by atoms with Gasteiger partial charge in [0.05, 0.1) is 21.2 Å². The molecule has 0 aromatic rings. The monoisotopic (exact) mass is 173 g/mol. The fourth-order valence-electron chi connectivity index (χ4n) is 1.83. The first-order chi connectivity index (χ1) is 5.79. The van der Waals surface area contributed by atoms with Crippen LogP contribution in [0.25, 0.3) is 0 Å².